The molecule has 0 saturated heterocycles. The van der Waals surface area contributed by atoms with E-state index in [1.807, 2.05) is 6.07 Å². The smallest absolute Gasteiger partial charge is 0.348 e. The zero-order valence-corrected chi connectivity index (χ0v) is 20.9. The molecule has 9 nitrogen and oxygen atoms in total. The van der Waals surface area contributed by atoms with Gasteiger partial charge in [0.2, 0.25) is 0 Å². The van der Waals surface area contributed by atoms with Crippen LogP contribution in [0, 0.1) is 11.3 Å². The third-order valence-electron chi connectivity index (χ3n) is 7.65. The fraction of sp³-hybridized carbons (Fsp3) is 0.440. The molecule has 0 radical (unpaired) electrons. The third kappa shape index (κ3) is 3.98. The number of nitrogens with one attached hydrogen (secondary N) is 1. The minimum Gasteiger partial charge on any atom is -0.348 e. The van der Waals surface area contributed by atoms with Crippen molar-refractivity contribution < 1.29 is 31.2 Å². The summed E-state index contributed by atoms with van der Waals surface area (Å²) >= 11 is 0. The van der Waals surface area contributed by atoms with Crippen molar-refractivity contribution >= 4 is 21.7 Å². The Balaban J connectivity index is 1.31. The first kappa shape index (κ1) is 26.0. The van der Waals surface area contributed by atoms with E-state index in [9.17, 15) is 36.0 Å². The molecule has 3 aliphatic rings. The molecule has 200 valence electrons. The van der Waals surface area contributed by atoms with Gasteiger partial charge in [0.25, 0.3) is 17.4 Å². The lowest BCUT2D eigenvalue weighted by Crippen LogP contribution is -2.53. The van der Waals surface area contributed by atoms with Gasteiger partial charge in [0, 0.05) is 26.2 Å². The van der Waals surface area contributed by atoms with E-state index in [2.05, 4.69) is 5.32 Å². The van der Waals surface area contributed by atoms with E-state index in [0.717, 1.165) is 4.57 Å². The van der Waals surface area contributed by atoms with Crippen LogP contribution in [0.3, 0.4) is 0 Å². The minimum atomic E-state index is -4.87. The van der Waals surface area contributed by atoms with Crippen LogP contribution < -0.4 is 10.9 Å². The first-order valence-electron chi connectivity index (χ1n) is 12.0. The van der Waals surface area contributed by atoms with Gasteiger partial charge in [-0.15, -0.1) is 0 Å². The van der Waals surface area contributed by atoms with Gasteiger partial charge in [-0.3, -0.25) is 14.4 Å². The van der Waals surface area contributed by atoms with Crippen LogP contribution in [0.2, 0.25) is 0 Å². The van der Waals surface area contributed by atoms with Crippen molar-refractivity contribution in [3.63, 3.8) is 0 Å². The lowest BCUT2D eigenvalue weighted by Gasteiger charge is -2.34. The number of hydrogen-bond donors (Lipinski definition) is 1. The molecule has 1 aliphatic heterocycles. The molecule has 5 rings (SSSR count). The first-order chi connectivity index (χ1) is 17.9. The molecule has 2 saturated carbocycles. The van der Waals surface area contributed by atoms with Crippen molar-refractivity contribution in [1.82, 2.24) is 14.8 Å². The zero-order valence-electron chi connectivity index (χ0n) is 20.0. The number of alkyl halides is 3. The quantitative estimate of drug-likeness (QED) is 0.565. The number of benzene rings is 1. The van der Waals surface area contributed by atoms with Crippen LogP contribution in [0.5, 0.6) is 0 Å². The van der Waals surface area contributed by atoms with Crippen LogP contribution in [0.1, 0.15) is 57.7 Å². The van der Waals surface area contributed by atoms with Gasteiger partial charge in [-0.2, -0.15) is 18.4 Å². The Hall–Kier alpha value is -3.66. The van der Waals surface area contributed by atoms with Crippen molar-refractivity contribution in [3.8, 4) is 6.07 Å². The summed E-state index contributed by atoms with van der Waals surface area (Å²) < 4.78 is 63.7. The molecule has 2 aliphatic carbocycles. The molecular weight excluding hydrogens is 525 g/mol. The van der Waals surface area contributed by atoms with Crippen molar-refractivity contribution in [2.45, 2.75) is 54.4 Å². The van der Waals surface area contributed by atoms with Crippen LogP contribution in [0.25, 0.3) is 0 Å². The number of pyridine rings is 1. The molecule has 2 heterocycles. The summed E-state index contributed by atoms with van der Waals surface area (Å²) in [7, 11) is -4.59. The Morgan fingerprint density at radius 3 is 2.24 bits per heavy atom. The van der Waals surface area contributed by atoms with Gasteiger partial charge < -0.3 is 14.8 Å². The van der Waals surface area contributed by atoms with Crippen molar-refractivity contribution in [1.29, 1.82) is 5.26 Å². The van der Waals surface area contributed by atoms with Crippen LogP contribution in [-0.4, -0.2) is 58.5 Å². The van der Waals surface area contributed by atoms with Crippen LogP contribution in [0.4, 0.5) is 13.2 Å². The number of nitrogens with zero attached hydrogens (tertiary/aromatic N) is 3. The van der Waals surface area contributed by atoms with Gasteiger partial charge in [-0.25, -0.2) is 8.42 Å². The number of nitriles is 1. The fourth-order valence-corrected chi connectivity index (χ4v) is 7.74. The van der Waals surface area contributed by atoms with Gasteiger partial charge in [0.1, 0.15) is 11.3 Å². The Bertz CT molecular complexity index is 1530. The summed E-state index contributed by atoms with van der Waals surface area (Å²) in [6.07, 6.45) is -5.72. The number of amides is 2. The van der Waals surface area contributed by atoms with Crippen LogP contribution in [-0.2, 0) is 22.9 Å². The molecule has 0 atom stereocenters. The number of fused-ring (bicyclic) bond motifs is 1. The molecular formula is C25H23F3N4O5S. The summed E-state index contributed by atoms with van der Waals surface area (Å²) in [5.74, 6) is -1.33. The number of carbonyl (C=O) groups excluding carboxylic acids is 2. The van der Waals surface area contributed by atoms with Gasteiger partial charge in [-0.05, 0) is 55.5 Å². The highest BCUT2D eigenvalue weighted by molar-refractivity contribution is 7.94. The molecule has 1 aromatic carbocycles. The Morgan fingerprint density at radius 2 is 1.68 bits per heavy atom. The number of halogens is 3. The van der Waals surface area contributed by atoms with E-state index in [4.69, 9.17) is 5.26 Å². The highest BCUT2D eigenvalue weighted by Gasteiger charge is 2.78. The zero-order chi connectivity index (χ0) is 27.5. The number of carbonyl (C=O) groups is 2. The maximum absolute atomic E-state index is 13.6. The minimum absolute atomic E-state index is 0.0306. The predicted octanol–water partition coefficient (Wildman–Crippen LogP) is 2.15. The molecule has 0 spiro atoms. The van der Waals surface area contributed by atoms with E-state index in [-0.39, 0.29) is 50.3 Å². The summed E-state index contributed by atoms with van der Waals surface area (Å²) in [6, 6.07) is 11.0. The fourth-order valence-electron chi connectivity index (χ4n) is 5.00. The highest BCUT2D eigenvalue weighted by atomic mass is 32.2. The standard InChI is InChI=1S/C25H23F3N4O5S/c26-25(27,28)24(9-10-24)38(36,37)23(7-8-23)15-31-11-12-32-19(22(31)35)6-5-18(21(32)34)20(33)30-14-17-3-1-16(13-29)2-4-17/h1-6H,7-12,14-15H2,(H,30,33). The summed E-state index contributed by atoms with van der Waals surface area (Å²) in [4.78, 5) is 40.0. The number of aromatic nitrogens is 1. The molecule has 1 N–H and O–H groups in total. The molecule has 2 fully saturated rings. The largest absolute Gasteiger partial charge is 0.408 e. The van der Waals surface area contributed by atoms with E-state index in [1.54, 1.807) is 24.3 Å². The highest BCUT2D eigenvalue weighted by Crippen LogP contribution is 2.62. The SMILES string of the molecule is N#Cc1ccc(CNC(=O)c2ccc3n(c2=O)CCN(CC2(S(=O)(=O)C4(C(F)(F)F)CC4)CC2)C3=O)cc1. The molecule has 0 bridgehead atoms. The van der Waals surface area contributed by atoms with E-state index in [0.29, 0.717) is 11.1 Å². The molecule has 2 amide bonds. The molecule has 2 aromatic rings. The summed E-state index contributed by atoms with van der Waals surface area (Å²) in [5.41, 5.74) is 0.226. The Morgan fingerprint density at radius 1 is 1.03 bits per heavy atom. The monoisotopic (exact) mass is 548 g/mol. The topological polar surface area (TPSA) is 129 Å². The molecule has 38 heavy (non-hydrogen) atoms. The maximum atomic E-state index is 13.6. The average Bonchev–Trinajstić information content (AvgIpc) is 3.79. The maximum Gasteiger partial charge on any atom is 0.408 e. The second kappa shape index (κ2) is 8.69. The van der Waals surface area contributed by atoms with Gasteiger partial charge in [0.15, 0.2) is 14.6 Å². The van der Waals surface area contributed by atoms with Gasteiger partial charge in [0.05, 0.1) is 16.4 Å². The normalized spacial score (nSPS) is 19.3. The molecule has 1 aromatic heterocycles. The number of sulfone groups is 1. The first-order valence-corrected chi connectivity index (χ1v) is 13.5. The van der Waals surface area contributed by atoms with E-state index >= 15 is 0 Å². The molecule has 13 heteroatoms. The second-order valence-corrected chi connectivity index (χ2v) is 12.6. The predicted molar refractivity (Wildman–Crippen MR) is 128 cm³/mol. The molecule has 0 unspecified atom stereocenters. The number of hydrogen-bond acceptors (Lipinski definition) is 6. The van der Waals surface area contributed by atoms with Crippen molar-refractivity contribution in [2.75, 3.05) is 13.1 Å². The van der Waals surface area contributed by atoms with Crippen molar-refractivity contribution in [3.05, 3.63) is 69.1 Å². The average molecular weight is 549 g/mol. The lowest BCUT2D eigenvalue weighted by atomic mass is 10.1. The Kier molecular flexibility index (Phi) is 5.94. The van der Waals surface area contributed by atoms with E-state index < -0.39 is 55.7 Å². The van der Waals surface area contributed by atoms with Crippen LogP contribution in [0.15, 0.2) is 41.2 Å². The van der Waals surface area contributed by atoms with Crippen molar-refractivity contribution in [2.24, 2.45) is 0 Å². The second-order valence-electron chi connectivity index (χ2n) is 9.99. The summed E-state index contributed by atoms with van der Waals surface area (Å²) in [6.45, 7) is -0.364. The lowest BCUT2D eigenvalue weighted by molar-refractivity contribution is -0.137. The van der Waals surface area contributed by atoms with Gasteiger partial charge in [-0.1, -0.05) is 12.1 Å². The third-order valence-corrected chi connectivity index (χ3v) is 11.0. The van der Waals surface area contributed by atoms with Gasteiger partial charge >= 0.3 is 6.18 Å². The van der Waals surface area contributed by atoms with E-state index in [1.165, 1.54) is 17.0 Å². The Labute approximate surface area is 215 Å². The number of rotatable bonds is 7. The summed E-state index contributed by atoms with van der Waals surface area (Å²) in [5, 5.41) is 11.5. The van der Waals surface area contributed by atoms with Crippen LogP contribution >= 0.6 is 0 Å².